The zero-order valence-corrected chi connectivity index (χ0v) is 8.35. The van der Waals surface area contributed by atoms with Crippen LogP contribution < -0.4 is 0 Å². The van der Waals surface area contributed by atoms with Gasteiger partial charge in [-0.25, -0.2) is 0 Å². The summed E-state index contributed by atoms with van der Waals surface area (Å²) in [7, 11) is 0. The summed E-state index contributed by atoms with van der Waals surface area (Å²) in [4.78, 5) is 0. The average molecular weight is 191 g/mol. The van der Waals surface area contributed by atoms with E-state index in [2.05, 4.69) is 30.2 Å². The van der Waals surface area contributed by atoms with Gasteiger partial charge in [0.2, 0.25) is 0 Å². The average Bonchev–Trinajstić information content (AvgIpc) is 2.32. The molecule has 0 aliphatic heterocycles. The summed E-state index contributed by atoms with van der Waals surface area (Å²) in [5, 5.41) is 0. The van der Waals surface area contributed by atoms with E-state index in [-0.39, 0.29) is 0 Å². The van der Waals surface area contributed by atoms with Crippen molar-refractivity contribution < 1.29 is 0 Å². The van der Waals surface area contributed by atoms with Gasteiger partial charge in [0.15, 0.2) is 0 Å². The Hall–Kier alpha value is -2.00. The lowest BCUT2D eigenvalue weighted by molar-refractivity contribution is 1.53. The SMILES string of the molecule is C#C[CH]c1ccc(-c2ccccc2)cc1. The first-order valence-electron chi connectivity index (χ1n) is 4.85. The van der Waals surface area contributed by atoms with Crippen LogP contribution >= 0.6 is 0 Å². The lowest BCUT2D eigenvalue weighted by Crippen LogP contribution is -1.80. The largest absolute Gasteiger partial charge is 0.119 e. The second kappa shape index (κ2) is 4.48. The highest BCUT2D eigenvalue weighted by Gasteiger charge is 1.96. The van der Waals surface area contributed by atoms with Crippen molar-refractivity contribution in [3.63, 3.8) is 0 Å². The van der Waals surface area contributed by atoms with Crippen LogP contribution in [-0.2, 0) is 0 Å². The van der Waals surface area contributed by atoms with Gasteiger partial charge in [-0.05, 0) is 16.7 Å². The van der Waals surface area contributed by atoms with Crippen LogP contribution in [0.1, 0.15) is 5.56 Å². The zero-order valence-electron chi connectivity index (χ0n) is 8.35. The summed E-state index contributed by atoms with van der Waals surface area (Å²) in [6.45, 7) is 0. The van der Waals surface area contributed by atoms with E-state index < -0.39 is 0 Å². The summed E-state index contributed by atoms with van der Waals surface area (Å²) < 4.78 is 0. The van der Waals surface area contributed by atoms with Crippen molar-refractivity contribution in [2.75, 3.05) is 0 Å². The molecule has 0 nitrogen and oxygen atoms in total. The fraction of sp³-hybridized carbons (Fsp3) is 0. The molecule has 0 aromatic heterocycles. The molecule has 0 spiro atoms. The molecular formula is C15H11. The highest BCUT2D eigenvalue weighted by Crippen LogP contribution is 2.19. The van der Waals surface area contributed by atoms with Crippen LogP contribution in [0.25, 0.3) is 11.1 Å². The van der Waals surface area contributed by atoms with E-state index in [0.717, 1.165) is 5.56 Å². The van der Waals surface area contributed by atoms with Crippen molar-refractivity contribution in [1.29, 1.82) is 0 Å². The van der Waals surface area contributed by atoms with E-state index in [1.54, 1.807) is 6.42 Å². The molecular weight excluding hydrogens is 180 g/mol. The molecule has 0 aliphatic rings. The minimum Gasteiger partial charge on any atom is -0.119 e. The van der Waals surface area contributed by atoms with Crippen molar-refractivity contribution in [2.45, 2.75) is 0 Å². The molecule has 0 N–H and O–H groups in total. The van der Waals surface area contributed by atoms with E-state index in [9.17, 15) is 0 Å². The molecule has 0 bridgehead atoms. The summed E-state index contributed by atoms with van der Waals surface area (Å²) >= 11 is 0. The lowest BCUT2D eigenvalue weighted by atomic mass is 10.0. The molecule has 2 rings (SSSR count). The van der Waals surface area contributed by atoms with E-state index in [4.69, 9.17) is 6.42 Å². The summed E-state index contributed by atoms with van der Waals surface area (Å²) in [6.07, 6.45) is 6.96. The monoisotopic (exact) mass is 191 g/mol. The third kappa shape index (κ3) is 2.27. The van der Waals surface area contributed by atoms with Gasteiger partial charge in [0.05, 0.1) is 6.42 Å². The van der Waals surface area contributed by atoms with Gasteiger partial charge in [-0.2, -0.15) is 0 Å². The number of benzene rings is 2. The maximum atomic E-state index is 5.20. The highest BCUT2D eigenvalue weighted by atomic mass is 14.0. The van der Waals surface area contributed by atoms with Gasteiger partial charge in [-0.3, -0.25) is 0 Å². The van der Waals surface area contributed by atoms with Crippen LogP contribution in [0.3, 0.4) is 0 Å². The Morgan fingerprint density at radius 3 is 2.00 bits per heavy atom. The maximum Gasteiger partial charge on any atom is 0.0628 e. The molecule has 71 valence electrons. The van der Waals surface area contributed by atoms with E-state index >= 15 is 0 Å². The van der Waals surface area contributed by atoms with Crippen LogP contribution in [-0.4, -0.2) is 0 Å². The van der Waals surface area contributed by atoms with Gasteiger partial charge in [0.25, 0.3) is 0 Å². The number of hydrogen-bond acceptors (Lipinski definition) is 0. The van der Waals surface area contributed by atoms with Crippen LogP contribution in [0.4, 0.5) is 0 Å². The van der Waals surface area contributed by atoms with E-state index in [0.29, 0.717) is 0 Å². The predicted molar refractivity (Wildman–Crippen MR) is 64.1 cm³/mol. The molecule has 0 saturated carbocycles. The summed E-state index contributed by atoms with van der Waals surface area (Å²) in [5.41, 5.74) is 3.51. The molecule has 0 unspecified atom stereocenters. The first-order valence-corrected chi connectivity index (χ1v) is 4.85. The first kappa shape index (κ1) is 9.55. The molecule has 0 amide bonds. The van der Waals surface area contributed by atoms with Gasteiger partial charge < -0.3 is 0 Å². The fourth-order valence-corrected chi connectivity index (χ4v) is 1.50. The first-order chi connectivity index (χ1) is 7.40. The van der Waals surface area contributed by atoms with Crippen LogP contribution in [0.2, 0.25) is 0 Å². The van der Waals surface area contributed by atoms with Gasteiger partial charge in [0.1, 0.15) is 0 Å². The van der Waals surface area contributed by atoms with Crippen LogP contribution in [0.5, 0.6) is 0 Å². The Bertz CT molecular complexity index is 458. The second-order valence-electron chi connectivity index (χ2n) is 3.30. The molecule has 2 aromatic rings. The summed E-state index contributed by atoms with van der Waals surface area (Å²) in [6, 6.07) is 18.5. The molecule has 0 atom stereocenters. The van der Waals surface area contributed by atoms with Gasteiger partial charge in [0, 0.05) is 0 Å². The molecule has 15 heavy (non-hydrogen) atoms. The Kier molecular flexibility index (Phi) is 2.85. The normalized spacial score (nSPS) is 9.53. The van der Waals surface area contributed by atoms with Gasteiger partial charge in [-0.1, -0.05) is 60.5 Å². The number of terminal acetylenes is 1. The Balaban J connectivity index is 2.29. The van der Waals surface area contributed by atoms with Crippen molar-refractivity contribution in [3.05, 3.63) is 66.6 Å². The Morgan fingerprint density at radius 2 is 1.40 bits per heavy atom. The van der Waals surface area contributed by atoms with E-state index in [1.807, 2.05) is 30.3 Å². The lowest BCUT2D eigenvalue weighted by Gasteiger charge is -2.01. The van der Waals surface area contributed by atoms with Crippen molar-refractivity contribution in [2.24, 2.45) is 0 Å². The van der Waals surface area contributed by atoms with Crippen molar-refractivity contribution >= 4 is 0 Å². The molecule has 0 heteroatoms. The molecule has 0 fully saturated rings. The second-order valence-corrected chi connectivity index (χ2v) is 3.30. The molecule has 1 radical (unpaired) electrons. The summed E-state index contributed by atoms with van der Waals surface area (Å²) in [5.74, 6) is 2.52. The minimum absolute atomic E-state index is 1.07. The third-order valence-electron chi connectivity index (χ3n) is 2.27. The topological polar surface area (TPSA) is 0 Å². The van der Waals surface area contributed by atoms with E-state index in [1.165, 1.54) is 11.1 Å². The quantitative estimate of drug-likeness (QED) is 0.637. The zero-order chi connectivity index (χ0) is 10.5. The molecule has 0 saturated heterocycles. The maximum absolute atomic E-state index is 5.20. The standard InChI is InChI=1S/C15H11/c1-2-6-13-9-11-15(12-10-13)14-7-4-3-5-8-14/h1,3-12H. The predicted octanol–water partition coefficient (Wildman–Crippen LogP) is 3.54. The van der Waals surface area contributed by atoms with Crippen LogP contribution in [0.15, 0.2) is 54.6 Å². The molecule has 0 aliphatic carbocycles. The van der Waals surface area contributed by atoms with Crippen molar-refractivity contribution in [1.82, 2.24) is 0 Å². The fourth-order valence-electron chi connectivity index (χ4n) is 1.50. The molecule has 2 aromatic carbocycles. The number of rotatable bonds is 2. The Labute approximate surface area is 90.6 Å². The smallest absolute Gasteiger partial charge is 0.0628 e. The number of hydrogen-bond donors (Lipinski definition) is 0. The minimum atomic E-state index is 1.07. The van der Waals surface area contributed by atoms with Gasteiger partial charge in [-0.15, -0.1) is 6.42 Å². The van der Waals surface area contributed by atoms with Crippen LogP contribution in [0, 0.1) is 18.8 Å². The van der Waals surface area contributed by atoms with Gasteiger partial charge >= 0.3 is 0 Å². The van der Waals surface area contributed by atoms with Crippen molar-refractivity contribution in [3.8, 4) is 23.5 Å². The third-order valence-corrected chi connectivity index (χ3v) is 2.27. The highest BCUT2D eigenvalue weighted by molar-refractivity contribution is 5.63. The Morgan fingerprint density at radius 1 is 0.800 bits per heavy atom. The molecule has 0 heterocycles.